The summed E-state index contributed by atoms with van der Waals surface area (Å²) in [5, 5.41) is 3.89. The number of rotatable bonds is 4. The Morgan fingerprint density at radius 3 is 2.80 bits per heavy atom. The van der Waals surface area contributed by atoms with Gasteiger partial charge in [-0.15, -0.1) is 0 Å². The lowest BCUT2D eigenvalue weighted by Gasteiger charge is -2.16. The van der Waals surface area contributed by atoms with Gasteiger partial charge in [0.25, 0.3) is 11.5 Å². The average molecular weight is 345 g/mol. The van der Waals surface area contributed by atoms with Crippen molar-refractivity contribution in [3.05, 3.63) is 39.6 Å². The molecule has 1 aliphatic heterocycles. The number of anilines is 1. The third-order valence-electron chi connectivity index (χ3n) is 4.38. The van der Waals surface area contributed by atoms with Crippen LogP contribution in [0.15, 0.2) is 21.5 Å². The van der Waals surface area contributed by atoms with Gasteiger partial charge in [0, 0.05) is 51.2 Å². The number of hydrogen-bond donors (Lipinski definition) is 1. The minimum Gasteiger partial charge on any atom is -0.360 e. The Balaban J connectivity index is 1.75. The number of aromatic amines is 1. The van der Waals surface area contributed by atoms with Crippen LogP contribution in [0.3, 0.4) is 0 Å². The molecule has 1 amide bonds. The fourth-order valence-corrected chi connectivity index (χ4v) is 2.89. The Labute approximate surface area is 145 Å². The van der Waals surface area contributed by atoms with Gasteiger partial charge < -0.3 is 14.3 Å². The van der Waals surface area contributed by atoms with Crippen LogP contribution >= 0.6 is 0 Å². The largest absolute Gasteiger partial charge is 0.360 e. The van der Waals surface area contributed by atoms with E-state index < -0.39 is 0 Å². The molecule has 134 valence electrons. The van der Waals surface area contributed by atoms with Crippen LogP contribution in [0.4, 0.5) is 5.95 Å². The van der Waals surface area contributed by atoms with Gasteiger partial charge in [-0.2, -0.15) is 0 Å². The zero-order valence-electron chi connectivity index (χ0n) is 14.9. The van der Waals surface area contributed by atoms with Crippen molar-refractivity contribution >= 4 is 11.9 Å². The average Bonchev–Trinajstić information content (AvgIpc) is 3.23. The van der Waals surface area contributed by atoms with Gasteiger partial charge in [0.05, 0.1) is 5.69 Å². The molecule has 0 aliphatic carbocycles. The fraction of sp³-hybridized carbons (Fsp3) is 0.529. The van der Waals surface area contributed by atoms with E-state index in [-0.39, 0.29) is 23.3 Å². The van der Waals surface area contributed by atoms with E-state index >= 15 is 0 Å². The van der Waals surface area contributed by atoms with Gasteiger partial charge in [-0.05, 0) is 6.42 Å². The van der Waals surface area contributed by atoms with Gasteiger partial charge in [-0.1, -0.05) is 19.0 Å². The van der Waals surface area contributed by atoms with Gasteiger partial charge in [0.15, 0.2) is 5.69 Å². The molecular formula is C17H23N5O3. The molecule has 0 unspecified atom stereocenters. The summed E-state index contributed by atoms with van der Waals surface area (Å²) in [6.45, 7) is 5.11. The van der Waals surface area contributed by atoms with E-state index in [1.54, 1.807) is 15.9 Å². The zero-order valence-corrected chi connectivity index (χ0v) is 14.9. The summed E-state index contributed by atoms with van der Waals surface area (Å²) >= 11 is 0. The highest BCUT2D eigenvalue weighted by atomic mass is 16.5. The fourth-order valence-electron chi connectivity index (χ4n) is 2.89. The molecule has 2 aromatic heterocycles. The Hall–Kier alpha value is -2.64. The first-order valence-corrected chi connectivity index (χ1v) is 8.39. The third-order valence-corrected chi connectivity index (χ3v) is 4.38. The number of likely N-dealkylation sites (tertiary alicyclic amines) is 1. The van der Waals surface area contributed by atoms with E-state index in [1.165, 1.54) is 6.07 Å². The van der Waals surface area contributed by atoms with Gasteiger partial charge >= 0.3 is 0 Å². The van der Waals surface area contributed by atoms with Crippen LogP contribution in [0.2, 0.25) is 0 Å². The van der Waals surface area contributed by atoms with Crippen LogP contribution < -0.4 is 10.5 Å². The van der Waals surface area contributed by atoms with Crippen LogP contribution in [0.1, 0.15) is 54.0 Å². The van der Waals surface area contributed by atoms with Crippen LogP contribution in [0.5, 0.6) is 0 Å². The maximum Gasteiger partial charge on any atom is 0.276 e. The monoisotopic (exact) mass is 345 g/mol. The summed E-state index contributed by atoms with van der Waals surface area (Å²) in [4.78, 5) is 35.2. The number of hydrogen-bond acceptors (Lipinski definition) is 6. The first-order chi connectivity index (χ1) is 11.8. The van der Waals surface area contributed by atoms with Crippen molar-refractivity contribution in [3.8, 4) is 0 Å². The minimum absolute atomic E-state index is 0.0430. The Kier molecular flexibility index (Phi) is 4.61. The molecule has 8 nitrogen and oxygen atoms in total. The zero-order chi connectivity index (χ0) is 18.1. The van der Waals surface area contributed by atoms with E-state index in [0.717, 1.165) is 6.42 Å². The van der Waals surface area contributed by atoms with Crippen molar-refractivity contribution in [1.29, 1.82) is 0 Å². The summed E-state index contributed by atoms with van der Waals surface area (Å²) in [5.74, 6) is 1.30. The summed E-state index contributed by atoms with van der Waals surface area (Å²) in [6, 6.07) is 3.22. The van der Waals surface area contributed by atoms with Gasteiger partial charge in [-0.25, -0.2) is 4.98 Å². The molecule has 8 heteroatoms. The number of amides is 1. The van der Waals surface area contributed by atoms with E-state index in [2.05, 4.69) is 15.1 Å². The van der Waals surface area contributed by atoms with Crippen molar-refractivity contribution < 1.29 is 9.32 Å². The molecule has 25 heavy (non-hydrogen) atoms. The molecule has 0 aromatic carbocycles. The quantitative estimate of drug-likeness (QED) is 0.904. The summed E-state index contributed by atoms with van der Waals surface area (Å²) in [7, 11) is 3.65. The molecule has 3 rings (SSSR count). The van der Waals surface area contributed by atoms with Crippen molar-refractivity contribution in [3.63, 3.8) is 0 Å². The molecule has 0 saturated carbocycles. The highest BCUT2D eigenvalue weighted by Crippen LogP contribution is 2.27. The number of carbonyl (C=O) groups is 1. The van der Waals surface area contributed by atoms with Crippen LogP contribution in [0, 0.1) is 0 Å². The number of H-pyrrole nitrogens is 1. The maximum absolute atomic E-state index is 12.6. The number of nitrogens with zero attached hydrogens (tertiary/aromatic N) is 4. The molecule has 3 heterocycles. The topological polar surface area (TPSA) is 95.3 Å². The maximum atomic E-state index is 12.6. The molecule has 1 aliphatic rings. The molecule has 2 aromatic rings. The lowest BCUT2D eigenvalue weighted by Crippen LogP contribution is -2.29. The van der Waals surface area contributed by atoms with Gasteiger partial charge in [-0.3, -0.25) is 14.6 Å². The van der Waals surface area contributed by atoms with E-state index in [0.29, 0.717) is 36.2 Å². The second-order valence-electron chi connectivity index (χ2n) is 6.89. The lowest BCUT2D eigenvalue weighted by molar-refractivity contribution is 0.0780. The normalized spacial score (nSPS) is 17.3. The molecular weight excluding hydrogens is 322 g/mol. The van der Waals surface area contributed by atoms with Crippen LogP contribution in [-0.4, -0.2) is 53.1 Å². The molecule has 1 saturated heterocycles. The van der Waals surface area contributed by atoms with E-state index in [9.17, 15) is 9.59 Å². The first kappa shape index (κ1) is 17.2. The highest BCUT2D eigenvalue weighted by molar-refractivity contribution is 5.92. The Bertz CT molecular complexity index is 824. The first-order valence-electron chi connectivity index (χ1n) is 8.39. The summed E-state index contributed by atoms with van der Waals surface area (Å²) in [6.07, 6.45) is 0.768. The molecule has 1 atom stereocenters. The third kappa shape index (κ3) is 3.57. The standard InChI is InChI=1S/C17H23N5O3/c1-10(2)14-7-13(20-25-14)16(24)22-6-5-11(9-22)12-8-15(23)19-17(18-12)21(3)4/h7-8,10-11H,5-6,9H2,1-4H3,(H,18,19,23)/t11-/m0/s1. The molecule has 0 radical (unpaired) electrons. The van der Waals surface area contributed by atoms with Gasteiger partial charge in [0.1, 0.15) is 5.76 Å². The van der Waals surface area contributed by atoms with Crippen molar-refractivity contribution in [2.24, 2.45) is 0 Å². The van der Waals surface area contributed by atoms with Crippen molar-refractivity contribution in [2.75, 3.05) is 32.1 Å². The van der Waals surface area contributed by atoms with Crippen molar-refractivity contribution in [1.82, 2.24) is 20.0 Å². The summed E-state index contributed by atoms with van der Waals surface area (Å²) < 4.78 is 5.22. The van der Waals surface area contributed by atoms with E-state index in [4.69, 9.17) is 4.52 Å². The summed E-state index contributed by atoms with van der Waals surface area (Å²) in [5.41, 5.74) is 0.861. The molecule has 0 spiro atoms. The Morgan fingerprint density at radius 1 is 1.40 bits per heavy atom. The molecule has 1 fully saturated rings. The van der Waals surface area contributed by atoms with Crippen LogP contribution in [-0.2, 0) is 0 Å². The van der Waals surface area contributed by atoms with Crippen LogP contribution in [0.25, 0.3) is 0 Å². The predicted octanol–water partition coefficient (Wildman–Crippen LogP) is 1.58. The number of carbonyl (C=O) groups excluding carboxylic acids is 1. The lowest BCUT2D eigenvalue weighted by atomic mass is 10.1. The number of nitrogens with one attached hydrogen (secondary N) is 1. The second kappa shape index (κ2) is 6.70. The second-order valence-corrected chi connectivity index (χ2v) is 6.89. The molecule has 1 N–H and O–H groups in total. The smallest absolute Gasteiger partial charge is 0.276 e. The SMILES string of the molecule is CC(C)c1cc(C(=O)N2CC[C@H](c3cc(=O)[nH]c(N(C)C)n3)C2)no1. The van der Waals surface area contributed by atoms with Crippen molar-refractivity contribution in [2.45, 2.75) is 32.1 Å². The Morgan fingerprint density at radius 2 is 2.16 bits per heavy atom. The van der Waals surface area contributed by atoms with Gasteiger partial charge in [0.2, 0.25) is 5.95 Å². The van der Waals surface area contributed by atoms with E-state index in [1.807, 2.05) is 27.9 Å². The highest BCUT2D eigenvalue weighted by Gasteiger charge is 2.31. The molecule has 0 bridgehead atoms. The predicted molar refractivity (Wildman–Crippen MR) is 93.0 cm³/mol. The number of aromatic nitrogens is 3. The minimum atomic E-state index is -0.184.